The molecule has 2 unspecified atom stereocenters. The molecule has 0 radical (unpaired) electrons. The summed E-state index contributed by atoms with van der Waals surface area (Å²) < 4.78 is 29.6. The molecule has 1 aromatic carbocycles. The predicted molar refractivity (Wildman–Crippen MR) is 75.7 cm³/mol. The normalized spacial score (nSPS) is 25.6. The highest BCUT2D eigenvalue weighted by Crippen LogP contribution is 2.41. The van der Waals surface area contributed by atoms with E-state index in [2.05, 4.69) is 0 Å². The Kier molecular flexibility index (Phi) is 4.63. The van der Waals surface area contributed by atoms with Crippen LogP contribution in [-0.2, 0) is 10.1 Å². The fourth-order valence-electron chi connectivity index (χ4n) is 3.11. The molecule has 2 bridgehead atoms. The van der Waals surface area contributed by atoms with Gasteiger partial charge in [0, 0.05) is 0 Å². The average Bonchev–Trinajstić information content (AvgIpc) is 2.68. The van der Waals surface area contributed by atoms with Crippen molar-refractivity contribution in [2.45, 2.75) is 50.3 Å². The molecule has 1 N–H and O–H groups in total. The van der Waals surface area contributed by atoms with Gasteiger partial charge in [0.2, 0.25) is 0 Å². The van der Waals surface area contributed by atoms with Gasteiger partial charge in [0.1, 0.15) is 0 Å². The minimum Gasteiger partial charge on any atom is -0.282 e. The maximum Gasteiger partial charge on any atom is 0.294 e. The van der Waals surface area contributed by atoms with Crippen LogP contribution in [0.25, 0.3) is 0 Å². The van der Waals surface area contributed by atoms with E-state index in [-0.39, 0.29) is 4.90 Å². The summed E-state index contributed by atoms with van der Waals surface area (Å²) in [6.07, 6.45) is 9.34. The molecule has 0 saturated heterocycles. The minimum atomic E-state index is -4.02. The first kappa shape index (κ1) is 14.5. The van der Waals surface area contributed by atoms with Crippen molar-refractivity contribution in [3.8, 4) is 0 Å². The van der Waals surface area contributed by atoms with Crippen LogP contribution in [0, 0.1) is 18.8 Å². The van der Waals surface area contributed by atoms with E-state index in [0.29, 0.717) is 0 Å². The summed E-state index contributed by atoms with van der Waals surface area (Å²) in [5.74, 6) is 2.32. The molecule has 19 heavy (non-hydrogen) atoms. The Hall–Kier alpha value is -0.870. The van der Waals surface area contributed by atoms with E-state index < -0.39 is 10.1 Å². The Morgan fingerprint density at radius 3 is 1.95 bits per heavy atom. The third kappa shape index (κ3) is 4.32. The number of hydrogen-bond donors (Lipinski definition) is 1. The van der Waals surface area contributed by atoms with Crippen LogP contribution in [0.3, 0.4) is 0 Å². The number of fused-ring (bicyclic) bond motifs is 2. The number of aryl methyl sites for hydroxylation is 1. The van der Waals surface area contributed by atoms with Crippen molar-refractivity contribution in [1.82, 2.24) is 0 Å². The molecule has 0 heterocycles. The lowest BCUT2D eigenvalue weighted by Crippen LogP contribution is -2.03. The summed E-state index contributed by atoms with van der Waals surface area (Å²) in [4.78, 5) is -0.0666. The van der Waals surface area contributed by atoms with Gasteiger partial charge in [-0.2, -0.15) is 8.42 Å². The Balaban J connectivity index is 0.000000146. The van der Waals surface area contributed by atoms with E-state index in [1.54, 1.807) is 44.2 Å². The topological polar surface area (TPSA) is 54.4 Å². The zero-order chi connectivity index (χ0) is 13.9. The van der Waals surface area contributed by atoms with Crippen molar-refractivity contribution in [2.75, 3.05) is 0 Å². The molecule has 3 rings (SSSR count). The lowest BCUT2D eigenvalue weighted by Gasteiger charge is -2.16. The molecule has 106 valence electrons. The van der Waals surface area contributed by atoms with Gasteiger partial charge in [-0.15, -0.1) is 0 Å². The summed E-state index contributed by atoms with van der Waals surface area (Å²) in [5, 5.41) is 0. The Morgan fingerprint density at radius 1 is 1.00 bits per heavy atom. The second-order valence-corrected chi connectivity index (χ2v) is 7.19. The van der Waals surface area contributed by atoms with Crippen LogP contribution in [0.1, 0.15) is 44.1 Å². The van der Waals surface area contributed by atoms with Crippen LogP contribution in [-0.4, -0.2) is 13.0 Å². The SMILES string of the molecule is C1CC2CCC(C1)C2.Cc1ccc(S(=O)(=O)O)cc1. The molecule has 0 aliphatic heterocycles. The van der Waals surface area contributed by atoms with E-state index in [0.717, 1.165) is 17.4 Å². The van der Waals surface area contributed by atoms with E-state index in [1.165, 1.54) is 18.6 Å². The summed E-state index contributed by atoms with van der Waals surface area (Å²) in [6.45, 7) is 1.84. The second kappa shape index (κ2) is 6.06. The van der Waals surface area contributed by atoms with Crippen LogP contribution in [0.4, 0.5) is 0 Å². The third-order valence-corrected chi connectivity index (χ3v) is 5.06. The van der Waals surface area contributed by atoms with Gasteiger partial charge in [0.15, 0.2) is 0 Å². The van der Waals surface area contributed by atoms with Crippen LogP contribution >= 0.6 is 0 Å². The van der Waals surface area contributed by atoms with E-state index in [9.17, 15) is 8.42 Å². The molecule has 0 amide bonds. The van der Waals surface area contributed by atoms with Gasteiger partial charge in [-0.1, -0.05) is 49.8 Å². The molecular formula is C15H22O3S. The van der Waals surface area contributed by atoms with E-state index in [4.69, 9.17) is 4.55 Å². The molecule has 0 aromatic heterocycles. The fraction of sp³-hybridized carbons (Fsp3) is 0.600. The molecular weight excluding hydrogens is 260 g/mol. The van der Waals surface area contributed by atoms with Crippen molar-refractivity contribution in [3.63, 3.8) is 0 Å². The van der Waals surface area contributed by atoms with Gasteiger partial charge in [-0.3, -0.25) is 4.55 Å². The lowest BCUT2D eigenvalue weighted by atomic mass is 9.89. The minimum absolute atomic E-state index is 0.0666. The van der Waals surface area contributed by atoms with Crippen molar-refractivity contribution < 1.29 is 13.0 Å². The summed E-state index contributed by atoms with van der Waals surface area (Å²) in [7, 11) is -4.02. The van der Waals surface area contributed by atoms with Crippen molar-refractivity contribution in [3.05, 3.63) is 29.8 Å². The number of benzene rings is 1. The third-order valence-electron chi connectivity index (χ3n) is 4.19. The summed E-state index contributed by atoms with van der Waals surface area (Å²) in [5.41, 5.74) is 0.956. The van der Waals surface area contributed by atoms with Gasteiger partial charge in [0.25, 0.3) is 10.1 Å². The molecule has 2 atom stereocenters. The van der Waals surface area contributed by atoms with Crippen LogP contribution in [0.5, 0.6) is 0 Å². The first-order chi connectivity index (χ1) is 8.95. The highest BCUT2D eigenvalue weighted by atomic mass is 32.2. The maximum atomic E-state index is 10.5. The van der Waals surface area contributed by atoms with Crippen molar-refractivity contribution in [1.29, 1.82) is 0 Å². The smallest absolute Gasteiger partial charge is 0.282 e. The van der Waals surface area contributed by atoms with Gasteiger partial charge in [-0.05, 0) is 37.3 Å². The molecule has 2 fully saturated rings. The molecule has 0 spiro atoms. The number of hydrogen-bond acceptors (Lipinski definition) is 2. The van der Waals surface area contributed by atoms with Gasteiger partial charge >= 0.3 is 0 Å². The Morgan fingerprint density at radius 2 is 1.53 bits per heavy atom. The molecule has 1 aromatic rings. The van der Waals surface area contributed by atoms with Crippen molar-refractivity contribution in [2.24, 2.45) is 11.8 Å². The Bertz CT molecular complexity index is 491. The molecule has 2 aliphatic carbocycles. The van der Waals surface area contributed by atoms with E-state index >= 15 is 0 Å². The fourth-order valence-corrected chi connectivity index (χ4v) is 3.59. The van der Waals surface area contributed by atoms with Crippen LogP contribution < -0.4 is 0 Å². The highest BCUT2D eigenvalue weighted by molar-refractivity contribution is 7.85. The van der Waals surface area contributed by atoms with Crippen molar-refractivity contribution >= 4 is 10.1 Å². The first-order valence-electron chi connectivity index (χ1n) is 6.99. The summed E-state index contributed by atoms with van der Waals surface area (Å²) >= 11 is 0. The largest absolute Gasteiger partial charge is 0.294 e. The first-order valence-corrected chi connectivity index (χ1v) is 8.43. The van der Waals surface area contributed by atoms with E-state index in [1.807, 2.05) is 6.92 Å². The molecule has 2 saturated carbocycles. The second-order valence-electron chi connectivity index (χ2n) is 5.76. The van der Waals surface area contributed by atoms with Crippen LogP contribution in [0.2, 0.25) is 0 Å². The molecule has 3 nitrogen and oxygen atoms in total. The molecule has 2 aliphatic rings. The monoisotopic (exact) mass is 282 g/mol. The lowest BCUT2D eigenvalue weighted by molar-refractivity contribution is 0.359. The predicted octanol–water partition coefficient (Wildman–Crippen LogP) is 3.83. The zero-order valence-electron chi connectivity index (χ0n) is 11.4. The van der Waals surface area contributed by atoms with Gasteiger partial charge in [-0.25, -0.2) is 0 Å². The van der Waals surface area contributed by atoms with Crippen LogP contribution in [0.15, 0.2) is 29.2 Å². The van der Waals surface area contributed by atoms with Gasteiger partial charge in [0.05, 0.1) is 4.90 Å². The number of rotatable bonds is 1. The zero-order valence-corrected chi connectivity index (χ0v) is 12.2. The maximum absolute atomic E-state index is 10.5. The quantitative estimate of drug-likeness (QED) is 0.796. The molecule has 4 heteroatoms. The average molecular weight is 282 g/mol. The van der Waals surface area contributed by atoms with Gasteiger partial charge < -0.3 is 0 Å². The summed E-state index contributed by atoms with van der Waals surface area (Å²) in [6, 6.07) is 5.99. The Labute approximate surface area is 115 Å². The standard InChI is InChI=1S/C8H14.C7H8O3S/c1-2-7-4-5-8(3-1)6-7;1-6-2-4-7(5-3-6)11(8,9)10/h7-8H,1-6H2;2-5H,1H3,(H,8,9,10). The highest BCUT2D eigenvalue weighted by Gasteiger charge is 2.27.